The van der Waals surface area contributed by atoms with Crippen LogP contribution in [0, 0.1) is 10.1 Å². The number of nitrogens with zero attached hydrogens (tertiary/aromatic N) is 3. The zero-order chi connectivity index (χ0) is 15.4. The van der Waals surface area contributed by atoms with Crippen LogP contribution in [0.5, 0.6) is 0 Å². The molecule has 2 aromatic rings. The Morgan fingerprint density at radius 3 is 2.90 bits per heavy atom. The summed E-state index contributed by atoms with van der Waals surface area (Å²) in [5.41, 5.74) is -0.421. The first-order chi connectivity index (χ1) is 10.0. The van der Waals surface area contributed by atoms with Crippen LogP contribution in [0.4, 0.5) is 10.8 Å². The number of nitrogens with one attached hydrogen (secondary N) is 1. The van der Waals surface area contributed by atoms with Crippen LogP contribution in [0.15, 0.2) is 18.2 Å². The van der Waals surface area contributed by atoms with E-state index in [0.717, 1.165) is 23.9 Å². The quantitative estimate of drug-likeness (QED) is 0.671. The van der Waals surface area contributed by atoms with E-state index in [1.165, 1.54) is 23.5 Å². The fraction of sp³-hybridized carbons (Fsp3) is 0.250. The molecule has 0 atom stereocenters. The Balaban J connectivity index is 2.21. The molecule has 1 aromatic carbocycles. The number of aryl methyl sites for hydroxylation is 1. The number of nitro benzene ring substituents is 1. The molecule has 0 saturated carbocycles. The molecule has 0 saturated heterocycles. The molecule has 0 aliphatic carbocycles. The molecule has 0 aliphatic rings. The lowest BCUT2D eigenvalue weighted by Gasteiger charge is -2.02. The standard InChI is InChI=1S/C12H11ClN4O3S/c1-2-3-10-15-16-12(21-10)14-11(18)8-5-4-7(13)6-9(8)17(19)20/h4-6H,2-3H2,1H3,(H,14,16,18). The number of anilines is 1. The Labute approximate surface area is 129 Å². The number of carbonyl (C=O) groups excluding carboxylic acids is 1. The Morgan fingerprint density at radius 2 is 2.24 bits per heavy atom. The number of carbonyl (C=O) groups is 1. The number of hydrogen-bond donors (Lipinski definition) is 1. The van der Waals surface area contributed by atoms with Crippen molar-refractivity contribution in [1.82, 2.24) is 10.2 Å². The summed E-state index contributed by atoms with van der Waals surface area (Å²) in [6.45, 7) is 2.01. The fourth-order valence-corrected chi connectivity index (χ4v) is 2.63. The predicted molar refractivity (Wildman–Crippen MR) is 80.0 cm³/mol. The Hall–Kier alpha value is -2.06. The van der Waals surface area contributed by atoms with Gasteiger partial charge in [0.1, 0.15) is 10.6 Å². The number of halogens is 1. The minimum Gasteiger partial charge on any atom is -0.296 e. The molecule has 0 spiro atoms. The van der Waals surface area contributed by atoms with Crippen LogP contribution in [-0.4, -0.2) is 21.0 Å². The summed E-state index contributed by atoms with van der Waals surface area (Å²) in [7, 11) is 0. The van der Waals surface area contributed by atoms with Gasteiger partial charge in [-0.2, -0.15) is 0 Å². The van der Waals surface area contributed by atoms with Crippen LogP contribution in [-0.2, 0) is 6.42 Å². The van der Waals surface area contributed by atoms with Gasteiger partial charge < -0.3 is 0 Å². The van der Waals surface area contributed by atoms with Gasteiger partial charge in [-0.15, -0.1) is 10.2 Å². The first kappa shape index (κ1) is 15.3. The molecule has 110 valence electrons. The van der Waals surface area contributed by atoms with Gasteiger partial charge in [0.05, 0.1) is 4.92 Å². The van der Waals surface area contributed by atoms with Crippen molar-refractivity contribution in [2.75, 3.05) is 5.32 Å². The molecule has 1 N–H and O–H groups in total. The fourth-order valence-electron chi connectivity index (χ4n) is 1.63. The van der Waals surface area contributed by atoms with Gasteiger partial charge in [-0.05, 0) is 18.6 Å². The van der Waals surface area contributed by atoms with E-state index >= 15 is 0 Å². The van der Waals surface area contributed by atoms with E-state index in [9.17, 15) is 14.9 Å². The Morgan fingerprint density at radius 1 is 1.48 bits per heavy atom. The summed E-state index contributed by atoms with van der Waals surface area (Å²) in [5.74, 6) is -0.613. The summed E-state index contributed by atoms with van der Waals surface area (Å²) in [5, 5.41) is 22.5. The summed E-state index contributed by atoms with van der Waals surface area (Å²) in [6, 6.07) is 3.87. The first-order valence-electron chi connectivity index (χ1n) is 6.09. The van der Waals surface area contributed by atoms with Crippen molar-refractivity contribution in [2.45, 2.75) is 19.8 Å². The summed E-state index contributed by atoms with van der Waals surface area (Å²) in [6.07, 6.45) is 1.69. The molecule has 0 radical (unpaired) electrons. The molecule has 9 heteroatoms. The number of amides is 1. The van der Waals surface area contributed by atoms with Gasteiger partial charge in [0.25, 0.3) is 11.6 Å². The molecule has 0 bridgehead atoms. The van der Waals surface area contributed by atoms with Crippen molar-refractivity contribution in [3.05, 3.63) is 43.9 Å². The zero-order valence-corrected chi connectivity index (χ0v) is 12.6. The SMILES string of the molecule is CCCc1nnc(NC(=O)c2ccc(Cl)cc2[N+](=O)[O-])s1. The van der Waals surface area contributed by atoms with Gasteiger partial charge in [0.2, 0.25) is 5.13 Å². The van der Waals surface area contributed by atoms with Gasteiger partial charge in [0, 0.05) is 17.5 Å². The average Bonchev–Trinajstić information content (AvgIpc) is 2.86. The van der Waals surface area contributed by atoms with Gasteiger partial charge in [-0.25, -0.2) is 0 Å². The van der Waals surface area contributed by atoms with E-state index in [2.05, 4.69) is 15.5 Å². The average molecular weight is 327 g/mol. The van der Waals surface area contributed by atoms with Crippen molar-refractivity contribution in [3.8, 4) is 0 Å². The van der Waals surface area contributed by atoms with Crippen LogP contribution in [0.1, 0.15) is 28.7 Å². The van der Waals surface area contributed by atoms with Crippen molar-refractivity contribution >= 4 is 39.7 Å². The van der Waals surface area contributed by atoms with Gasteiger partial charge in [-0.1, -0.05) is 29.9 Å². The minimum atomic E-state index is -0.649. The highest BCUT2D eigenvalue weighted by Crippen LogP contribution is 2.25. The molecule has 0 aliphatic heterocycles. The maximum absolute atomic E-state index is 12.1. The van der Waals surface area contributed by atoms with Crippen LogP contribution in [0.25, 0.3) is 0 Å². The molecular weight excluding hydrogens is 316 g/mol. The van der Waals surface area contributed by atoms with Crippen molar-refractivity contribution in [3.63, 3.8) is 0 Å². The maximum atomic E-state index is 12.1. The van der Waals surface area contributed by atoms with Gasteiger partial charge in [-0.3, -0.25) is 20.2 Å². The van der Waals surface area contributed by atoms with Gasteiger partial charge >= 0.3 is 0 Å². The maximum Gasteiger partial charge on any atom is 0.283 e. The molecule has 21 heavy (non-hydrogen) atoms. The predicted octanol–water partition coefficient (Wildman–Crippen LogP) is 3.30. The second-order valence-corrected chi connectivity index (χ2v) is 5.62. The lowest BCUT2D eigenvalue weighted by atomic mass is 10.1. The monoisotopic (exact) mass is 326 g/mol. The van der Waals surface area contributed by atoms with Gasteiger partial charge in [0.15, 0.2) is 0 Å². The lowest BCUT2D eigenvalue weighted by molar-refractivity contribution is -0.385. The Bertz CT molecular complexity index is 689. The largest absolute Gasteiger partial charge is 0.296 e. The lowest BCUT2D eigenvalue weighted by Crippen LogP contribution is -2.13. The van der Waals surface area contributed by atoms with Crippen LogP contribution < -0.4 is 5.32 Å². The summed E-state index contributed by atoms with van der Waals surface area (Å²) >= 11 is 6.96. The van der Waals surface area contributed by atoms with Crippen LogP contribution in [0.2, 0.25) is 5.02 Å². The van der Waals surface area contributed by atoms with E-state index in [0.29, 0.717) is 5.13 Å². The third-order valence-electron chi connectivity index (χ3n) is 2.55. The molecule has 1 aromatic heterocycles. The number of nitro groups is 1. The first-order valence-corrected chi connectivity index (χ1v) is 7.28. The van der Waals surface area contributed by atoms with Crippen molar-refractivity contribution in [2.24, 2.45) is 0 Å². The molecule has 7 nitrogen and oxygen atoms in total. The number of hydrogen-bond acceptors (Lipinski definition) is 6. The smallest absolute Gasteiger partial charge is 0.283 e. The van der Waals surface area contributed by atoms with E-state index in [4.69, 9.17) is 11.6 Å². The molecule has 0 unspecified atom stereocenters. The highest BCUT2D eigenvalue weighted by Gasteiger charge is 2.21. The second kappa shape index (κ2) is 6.59. The topological polar surface area (TPSA) is 98.0 Å². The minimum absolute atomic E-state index is 0.0726. The highest BCUT2D eigenvalue weighted by molar-refractivity contribution is 7.15. The number of aromatic nitrogens is 2. The second-order valence-electron chi connectivity index (χ2n) is 4.12. The summed E-state index contributed by atoms with van der Waals surface area (Å²) in [4.78, 5) is 22.4. The summed E-state index contributed by atoms with van der Waals surface area (Å²) < 4.78 is 0. The number of benzene rings is 1. The molecule has 2 rings (SSSR count). The normalized spacial score (nSPS) is 10.4. The number of rotatable bonds is 5. The zero-order valence-electron chi connectivity index (χ0n) is 11.0. The van der Waals surface area contributed by atoms with Crippen LogP contribution >= 0.6 is 22.9 Å². The molecular formula is C12H11ClN4O3S. The van der Waals surface area contributed by atoms with Crippen LogP contribution in [0.3, 0.4) is 0 Å². The van der Waals surface area contributed by atoms with E-state index in [1.54, 1.807) is 0 Å². The van der Waals surface area contributed by atoms with E-state index in [1.807, 2.05) is 6.92 Å². The van der Waals surface area contributed by atoms with Crippen molar-refractivity contribution < 1.29 is 9.72 Å². The Kier molecular flexibility index (Phi) is 4.81. The van der Waals surface area contributed by atoms with E-state index in [-0.39, 0.29) is 16.3 Å². The molecule has 1 heterocycles. The third kappa shape index (κ3) is 3.73. The molecule has 0 fully saturated rings. The third-order valence-corrected chi connectivity index (χ3v) is 3.69. The highest BCUT2D eigenvalue weighted by atomic mass is 35.5. The molecule has 1 amide bonds. The van der Waals surface area contributed by atoms with E-state index < -0.39 is 10.8 Å². The van der Waals surface area contributed by atoms with Crippen molar-refractivity contribution in [1.29, 1.82) is 0 Å².